The summed E-state index contributed by atoms with van der Waals surface area (Å²) in [5.41, 5.74) is 0.740. The van der Waals surface area contributed by atoms with Gasteiger partial charge < -0.3 is 19.5 Å². The molecule has 7 nitrogen and oxygen atoms in total. The summed E-state index contributed by atoms with van der Waals surface area (Å²) >= 11 is 5.83. The number of hydrogen-bond donors (Lipinski definition) is 1. The second-order valence-electron chi connectivity index (χ2n) is 5.87. The monoisotopic (exact) mass is 435 g/mol. The smallest absolute Gasteiger partial charge is 0.330 e. The average molecular weight is 436 g/mol. The number of esters is 2. The number of methoxy groups -OCH3 is 2. The third-order valence-electron chi connectivity index (χ3n) is 3.81. The lowest BCUT2D eigenvalue weighted by Crippen LogP contribution is -2.27. The molecule has 0 spiro atoms. The first kappa shape index (κ1) is 22.9. The maximum absolute atomic E-state index is 13.0. The van der Waals surface area contributed by atoms with Crippen LogP contribution in [0.4, 0.5) is 4.39 Å². The van der Waals surface area contributed by atoms with Crippen LogP contribution in [0.15, 0.2) is 42.5 Å². The molecule has 0 saturated carbocycles. The van der Waals surface area contributed by atoms with Crippen LogP contribution in [-0.4, -0.2) is 38.6 Å². The van der Waals surface area contributed by atoms with Crippen LogP contribution in [0.3, 0.4) is 0 Å². The number of ether oxygens (including phenoxy) is 3. The van der Waals surface area contributed by atoms with E-state index in [9.17, 15) is 18.8 Å². The van der Waals surface area contributed by atoms with Crippen molar-refractivity contribution < 1.29 is 33.0 Å². The third kappa shape index (κ3) is 6.59. The van der Waals surface area contributed by atoms with E-state index in [0.717, 1.165) is 12.1 Å². The molecule has 0 aromatic heterocycles. The lowest BCUT2D eigenvalue weighted by molar-refractivity contribution is -0.135. The fraction of sp³-hybridized carbons (Fsp3) is 0.190. The highest BCUT2D eigenvalue weighted by atomic mass is 35.5. The molecule has 0 radical (unpaired) electrons. The van der Waals surface area contributed by atoms with E-state index in [1.54, 1.807) is 12.1 Å². The molecule has 30 heavy (non-hydrogen) atoms. The molecule has 0 unspecified atom stereocenters. The molecule has 0 fully saturated rings. The van der Waals surface area contributed by atoms with Crippen LogP contribution in [0.1, 0.15) is 22.3 Å². The van der Waals surface area contributed by atoms with Gasteiger partial charge >= 0.3 is 11.9 Å². The average Bonchev–Trinajstić information content (AvgIpc) is 2.72. The van der Waals surface area contributed by atoms with Crippen LogP contribution < -0.4 is 14.8 Å². The van der Waals surface area contributed by atoms with Crippen LogP contribution in [0.25, 0.3) is 6.08 Å². The van der Waals surface area contributed by atoms with Gasteiger partial charge in [-0.3, -0.25) is 9.59 Å². The van der Waals surface area contributed by atoms with Crippen LogP contribution >= 0.6 is 11.6 Å². The Kier molecular flexibility index (Phi) is 8.37. The molecule has 2 aromatic carbocycles. The zero-order valence-electron chi connectivity index (χ0n) is 16.2. The molecule has 9 heteroatoms. The molecule has 1 N–H and O–H groups in total. The highest BCUT2D eigenvalue weighted by molar-refractivity contribution is 6.33. The first-order valence-corrected chi connectivity index (χ1v) is 9.10. The summed E-state index contributed by atoms with van der Waals surface area (Å²) in [5, 5.41) is 2.49. The lowest BCUT2D eigenvalue weighted by Gasteiger charge is -2.10. The summed E-state index contributed by atoms with van der Waals surface area (Å²) in [6, 6.07) is 8.13. The van der Waals surface area contributed by atoms with E-state index in [2.05, 4.69) is 10.1 Å². The Morgan fingerprint density at radius 3 is 2.53 bits per heavy atom. The van der Waals surface area contributed by atoms with Crippen molar-refractivity contribution in [3.8, 4) is 11.5 Å². The summed E-state index contributed by atoms with van der Waals surface area (Å²) in [6.07, 6.45) is 2.66. The molecule has 0 aliphatic heterocycles. The number of hydrogen-bond acceptors (Lipinski definition) is 6. The maximum atomic E-state index is 13.0. The highest BCUT2D eigenvalue weighted by Crippen LogP contribution is 2.29. The predicted molar refractivity (Wildman–Crippen MR) is 108 cm³/mol. The van der Waals surface area contributed by atoms with Crippen LogP contribution in [0, 0.1) is 5.82 Å². The highest BCUT2D eigenvalue weighted by Gasteiger charge is 2.14. The van der Waals surface area contributed by atoms with Gasteiger partial charge in [-0.25, -0.2) is 9.18 Å². The number of nitrogens with one attached hydrogen (secondary N) is 1. The van der Waals surface area contributed by atoms with Gasteiger partial charge in [0.1, 0.15) is 5.82 Å². The largest absolute Gasteiger partial charge is 0.493 e. The Hall–Kier alpha value is -3.39. The van der Waals surface area contributed by atoms with Gasteiger partial charge in [-0.1, -0.05) is 17.7 Å². The van der Waals surface area contributed by atoms with Crippen molar-refractivity contribution >= 4 is 35.5 Å². The Morgan fingerprint density at radius 2 is 1.87 bits per heavy atom. The van der Waals surface area contributed by atoms with E-state index in [-0.39, 0.29) is 35.1 Å². The Bertz CT molecular complexity index is 976. The topological polar surface area (TPSA) is 90.9 Å². The van der Waals surface area contributed by atoms with Crippen molar-refractivity contribution in [3.05, 3.63) is 64.4 Å². The molecule has 158 valence electrons. The number of benzene rings is 2. The van der Waals surface area contributed by atoms with Crippen LogP contribution in [0.5, 0.6) is 11.5 Å². The van der Waals surface area contributed by atoms with Crippen molar-refractivity contribution in [2.24, 2.45) is 0 Å². The number of rotatable bonds is 8. The fourth-order valence-corrected chi connectivity index (χ4v) is 2.58. The van der Waals surface area contributed by atoms with Gasteiger partial charge in [0.15, 0.2) is 11.5 Å². The minimum atomic E-state index is -0.600. The predicted octanol–water partition coefficient (Wildman–Crippen LogP) is 3.40. The van der Waals surface area contributed by atoms with Crippen molar-refractivity contribution in [2.45, 2.75) is 6.42 Å². The van der Waals surface area contributed by atoms with Gasteiger partial charge in [-0.15, -0.1) is 0 Å². The Labute approximate surface area is 177 Å². The Morgan fingerprint density at radius 1 is 1.10 bits per heavy atom. The quantitative estimate of drug-likeness (QED) is 0.388. The molecule has 0 heterocycles. The summed E-state index contributed by atoms with van der Waals surface area (Å²) in [7, 11) is 2.68. The summed E-state index contributed by atoms with van der Waals surface area (Å²) in [6.45, 7) is -0.00631. The first-order chi connectivity index (χ1) is 14.3. The van der Waals surface area contributed by atoms with E-state index in [4.69, 9.17) is 21.1 Å². The van der Waals surface area contributed by atoms with E-state index in [1.165, 1.54) is 38.5 Å². The zero-order valence-corrected chi connectivity index (χ0v) is 17.0. The molecule has 2 aromatic rings. The van der Waals surface area contributed by atoms with Gasteiger partial charge in [0.2, 0.25) is 0 Å². The minimum Gasteiger partial charge on any atom is -0.493 e. The number of carbonyl (C=O) groups excluding carboxylic acids is 3. The van der Waals surface area contributed by atoms with Gasteiger partial charge in [-0.2, -0.15) is 0 Å². The normalized spacial score (nSPS) is 10.5. The van der Waals surface area contributed by atoms with Crippen molar-refractivity contribution in [1.29, 1.82) is 0 Å². The molecule has 0 aliphatic carbocycles. The van der Waals surface area contributed by atoms with E-state index < -0.39 is 23.7 Å². The zero-order chi connectivity index (χ0) is 22.1. The van der Waals surface area contributed by atoms with Crippen molar-refractivity contribution in [1.82, 2.24) is 5.32 Å². The summed E-state index contributed by atoms with van der Waals surface area (Å²) in [4.78, 5) is 35.3. The van der Waals surface area contributed by atoms with Crippen molar-refractivity contribution in [2.75, 3.05) is 20.8 Å². The van der Waals surface area contributed by atoms with E-state index >= 15 is 0 Å². The molecule has 2 rings (SSSR count). The minimum absolute atomic E-state index is 0.00631. The first-order valence-electron chi connectivity index (χ1n) is 8.72. The Balaban J connectivity index is 1.91. The SMILES string of the molecule is COC(=O)C=Cc1ccc(OC(=O)CCNC(=O)c2ccc(F)cc2Cl)c(OC)c1. The second-order valence-corrected chi connectivity index (χ2v) is 6.28. The second kappa shape index (κ2) is 11.0. The van der Waals surface area contributed by atoms with Gasteiger partial charge in [-0.05, 0) is 42.0 Å². The van der Waals surface area contributed by atoms with E-state index in [1.807, 2.05) is 0 Å². The standard InChI is InChI=1S/C21H19ClFNO6/c1-28-18-11-13(4-8-19(25)29-2)3-7-17(18)30-20(26)9-10-24-21(27)15-6-5-14(23)12-16(15)22/h3-8,11-12H,9-10H2,1-2H3,(H,24,27). The molecule has 0 aliphatic rings. The third-order valence-corrected chi connectivity index (χ3v) is 4.13. The summed E-state index contributed by atoms with van der Waals surface area (Å²) < 4.78 is 28.0. The molecule has 0 atom stereocenters. The fourth-order valence-electron chi connectivity index (χ4n) is 2.33. The number of amides is 1. The molecular weight excluding hydrogens is 417 g/mol. The molecule has 0 saturated heterocycles. The summed E-state index contributed by atoms with van der Waals surface area (Å²) in [5.74, 6) is -1.72. The number of halogens is 2. The molecule has 1 amide bonds. The van der Waals surface area contributed by atoms with Crippen LogP contribution in [-0.2, 0) is 14.3 Å². The molecule has 0 bridgehead atoms. The maximum Gasteiger partial charge on any atom is 0.330 e. The lowest BCUT2D eigenvalue weighted by atomic mass is 10.2. The van der Waals surface area contributed by atoms with Gasteiger partial charge in [0.05, 0.1) is 31.2 Å². The van der Waals surface area contributed by atoms with E-state index in [0.29, 0.717) is 5.56 Å². The molecular formula is C21H19ClFNO6. The van der Waals surface area contributed by atoms with Crippen molar-refractivity contribution in [3.63, 3.8) is 0 Å². The van der Waals surface area contributed by atoms with Crippen LogP contribution in [0.2, 0.25) is 5.02 Å². The van der Waals surface area contributed by atoms with Gasteiger partial charge in [0.25, 0.3) is 5.91 Å². The number of carbonyl (C=O) groups is 3. The van der Waals surface area contributed by atoms with Gasteiger partial charge in [0, 0.05) is 12.6 Å².